The fraction of sp³-hybridized carbons (Fsp3) is 0.846. The predicted octanol–water partition coefficient (Wildman–Crippen LogP) is 4.56. The molecular weight excluding hydrogens is 634 g/mol. The predicted molar refractivity (Wildman–Crippen MR) is 189 cm³/mol. The van der Waals surface area contributed by atoms with Gasteiger partial charge < -0.3 is 26.2 Å². The van der Waals surface area contributed by atoms with E-state index in [0.717, 1.165) is 77.0 Å². The van der Waals surface area contributed by atoms with Crippen molar-refractivity contribution in [3.8, 4) is 0 Å². The van der Waals surface area contributed by atoms with E-state index < -0.39 is 53.2 Å². The Kier molecular flexibility index (Phi) is 9.96. The maximum atomic E-state index is 14.8. The molecule has 1 unspecified atom stereocenters. The van der Waals surface area contributed by atoms with E-state index in [1.165, 1.54) is 0 Å². The van der Waals surface area contributed by atoms with Crippen molar-refractivity contribution in [3.63, 3.8) is 0 Å². The van der Waals surface area contributed by atoms with Crippen LogP contribution in [0.2, 0.25) is 0 Å². The fourth-order valence-electron chi connectivity index (χ4n) is 10.2. The van der Waals surface area contributed by atoms with Crippen LogP contribution in [0.1, 0.15) is 138 Å². The van der Waals surface area contributed by atoms with Gasteiger partial charge in [0.1, 0.15) is 12.1 Å². The lowest BCUT2D eigenvalue weighted by Crippen LogP contribution is -2.61. The van der Waals surface area contributed by atoms with Gasteiger partial charge in [-0.05, 0) is 86.4 Å². The van der Waals surface area contributed by atoms with Crippen molar-refractivity contribution < 1.29 is 28.8 Å². The zero-order chi connectivity index (χ0) is 36.2. The summed E-state index contributed by atoms with van der Waals surface area (Å²) in [5, 5.41) is 11.7. The van der Waals surface area contributed by atoms with Crippen LogP contribution in [0.4, 0.5) is 4.79 Å². The molecule has 5 amide bonds. The summed E-state index contributed by atoms with van der Waals surface area (Å²) in [6.07, 6.45) is 13.1. The number of hydrogen-bond donors (Lipinski definition) is 4. The van der Waals surface area contributed by atoms with Crippen molar-refractivity contribution in [2.75, 3.05) is 6.54 Å². The first kappa shape index (κ1) is 36.8. The van der Waals surface area contributed by atoms with E-state index in [9.17, 15) is 28.8 Å². The Morgan fingerprint density at radius 3 is 2.00 bits per heavy atom. The van der Waals surface area contributed by atoms with Gasteiger partial charge in [0, 0.05) is 23.9 Å². The highest BCUT2D eigenvalue weighted by Crippen LogP contribution is 2.88. The van der Waals surface area contributed by atoms with Gasteiger partial charge in [-0.2, -0.15) is 0 Å². The number of likely N-dealkylation sites (tertiary alicyclic amines) is 1. The van der Waals surface area contributed by atoms with Crippen LogP contribution in [-0.4, -0.2) is 77.0 Å². The second-order valence-corrected chi connectivity index (χ2v) is 18.3. The highest BCUT2D eigenvalue weighted by Gasteiger charge is 2.85. The van der Waals surface area contributed by atoms with Gasteiger partial charge in [-0.25, -0.2) is 4.79 Å². The van der Waals surface area contributed by atoms with Crippen LogP contribution in [0, 0.1) is 33.5 Å². The van der Waals surface area contributed by atoms with Crippen LogP contribution < -0.4 is 21.3 Å². The van der Waals surface area contributed by atoms with Gasteiger partial charge in [-0.15, -0.1) is 0 Å². The fourth-order valence-corrected chi connectivity index (χ4v) is 10.2. The second-order valence-electron chi connectivity index (χ2n) is 18.3. The standard InChI is InChI=1S/C39H61N5O6/c1-7-12-26(30(46)33(48)40-25-17-18-25)41-32(47)27-21-39(37(5,6)38(39)19-11-20-38)22-44(27)34(49)31(36(2,3)4)43-35(50)42-28(29(45)24-15-16-24)23-13-9-8-10-14-23/h23-28,31H,7-22H2,1-6H3,(H,40,48)(H,41,47)(H2,42,43,50)/t26-,27?,28+,31+,39+/m1/s1. The van der Waals surface area contributed by atoms with Crippen LogP contribution in [0.3, 0.4) is 0 Å². The summed E-state index contributed by atoms with van der Waals surface area (Å²) in [5.74, 6) is -1.89. The number of carbonyl (C=O) groups is 6. The number of carbonyl (C=O) groups excluding carboxylic acids is 6. The number of hydrogen-bond acceptors (Lipinski definition) is 6. The molecule has 1 saturated heterocycles. The molecule has 11 heteroatoms. The molecule has 0 radical (unpaired) electrons. The molecule has 0 aromatic carbocycles. The smallest absolute Gasteiger partial charge is 0.316 e. The maximum Gasteiger partial charge on any atom is 0.316 e. The van der Waals surface area contributed by atoms with E-state index in [0.29, 0.717) is 25.8 Å². The number of ketones is 2. The largest absolute Gasteiger partial charge is 0.347 e. The van der Waals surface area contributed by atoms with Gasteiger partial charge >= 0.3 is 6.03 Å². The third-order valence-electron chi connectivity index (χ3n) is 13.8. The van der Waals surface area contributed by atoms with E-state index in [4.69, 9.17) is 0 Å². The van der Waals surface area contributed by atoms with Gasteiger partial charge in [0.2, 0.25) is 17.6 Å². The van der Waals surface area contributed by atoms with Crippen molar-refractivity contribution in [3.05, 3.63) is 0 Å². The SMILES string of the molecule is CCC[C@@H](NC(=O)C1C[C@]2(CN1C(=O)[C@H](NC(=O)N[C@H](C(=O)C1CC1)C1CCCCC1)C(C)(C)C)C(C)(C)C21CCC1)C(=O)C(=O)NC1CC1. The summed E-state index contributed by atoms with van der Waals surface area (Å²) in [6.45, 7) is 12.5. The lowest BCUT2D eigenvalue weighted by Gasteiger charge is -2.37. The van der Waals surface area contributed by atoms with Gasteiger partial charge in [0.05, 0.1) is 12.1 Å². The minimum atomic E-state index is -0.979. The van der Waals surface area contributed by atoms with E-state index in [1.54, 1.807) is 4.90 Å². The number of fused-ring (bicyclic) bond motifs is 1. The number of nitrogens with one attached hydrogen (secondary N) is 4. The van der Waals surface area contributed by atoms with Crippen molar-refractivity contribution in [1.82, 2.24) is 26.2 Å². The van der Waals surface area contributed by atoms with Crippen LogP contribution in [0.5, 0.6) is 0 Å². The lowest BCUT2D eigenvalue weighted by atomic mass is 9.73. The molecule has 1 heterocycles. The van der Waals surface area contributed by atoms with Crippen LogP contribution in [0.15, 0.2) is 0 Å². The van der Waals surface area contributed by atoms with Gasteiger partial charge in [-0.1, -0.05) is 73.6 Å². The molecule has 4 N–H and O–H groups in total. The van der Waals surface area contributed by atoms with Gasteiger partial charge in [-0.3, -0.25) is 24.0 Å². The van der Waals surface area contributed by atoms with Crippen molar-refractivity contribution in [2.45, 2.75) is 168 Å². The van der Waals surface area contributed by atoms with E-state index in [-0.39, 0.29) is 45.8 Å². The Balaban J connectivity index is 1.23. The molecule has 5 atom stereocenters. The average molecular weight is 696 g/mol. The average Bonchev–Trinajstić information content (AvgIpc) is 3.99. The number of Topliss-reactive ketones (excluding diaryl/α,β-unsaturated/α-hetero) is 2. The molecule has 2 spiro atoms. The third-order valence-corrected chi connectivity index (χ3v) is 13.8. The lowest BCUT2D eigenvalue weighted by molar-refractivity contribution is -0.144. The minimum absolute atomic E-state index is 0.00579. The van der Waals surface area contributed by atoms with Crippen LogP contribution >= 0.6 is 0 Å². The summed E-state index contributed by atoms with van der Waals surface area (Å²) in [7, 11) is 0. The Morgan fingerprint density at radius 2 is 1.48 bits per heavy atom. The summed E-state index contributed by atoms with van der Waals surface area (Å²) >= 11 is 0. The molecule has 278 valence electrons. The van der Waals surface area contributed by atoms with Gasteiger partial charge in [0.25, 0.3) is 5.91 Å². The first-order valence-electron chi connectivity index (χ1n) is 19.6. The molecule has 6 rings (SSSR count). The normalized spacial score (nSPS) is 28.6. The number of amides is 5. The zero-order valence-electron chi connectivity index (χ0n) is 31.3. The molecule has 5 saturated carbocycles. The first-order valence-corrected chi connectivity index (χ1v) is 19.6. The highest BCUT2D eigenvalue weighted by atomic mass is 16.2. The van der Waals surface area contributed by atoms with Gasteiger partial charge in [0.15, 0.2) is 5.78 Å². The number of urea groups is 1. The molecule has 6 fully saturated rings. The monoisotopic (exact) mass is 695 g/mol. The number of nitrogens with zero attached hydrogens (tertiary/aromatic N) is 1. The molecular formula is C39H61N5O6. The Bertz CT molecular complexity index is 1390. The molecule has 0 aromatic rings. The molecule has 50 heavy (non-hydrogen) atoms. The Hall–Kier alpha value is -2.98. The van der Waals surface area contributed by atoms with Crippen molar-refractivity contribution in [2.24, 2.45) is 33.5 Å². The van der Waals surface area contributed by atoms with E-state index in [1.807, 2.05) is 27.7 Å². The molecule has 6 aliphatic rings. The van der Waals surface area contributed by atoms with Crippen LogP contribution in [-0.2, 0) is 24.0 Å². The van der Waals surface area contributed by atoms with Crippen LogP contribution in [0.25, 0.3) is 0 Å². The Labute approximate surface area is 298 Å². The second kappa shape index (κ2) is 13.5. The molecule has 11 nitrogen and oxygen atoms in total. The van der Waals surface area contributed by atoms with Crippen molar-refractivity contribution in [1.29, 1.82) is 0 Å². The topological polar surface area (TPSA) is 154 Å². The number of rotatable bonds is 13. The quantitative estimate of drug-likeness (QED) is 0.207. The first-order chi connectivity index (χ1) is 23.6. The molecule has 0 aromatic heterocycles. The summed E-state index contributed by atoms with van der Waals surface area (Å²) in [4.78, 5) is 83.9. The summed E-state index contributed by atoms with van der Waals surface area (Å²) < 4.78 is 0. The third kappa shape index (κ3) is 6.59. The summed E-state index contributed by atoms with van der Waals surface area (Å²) in [5.41, 5.74) is -0.986. The Morgan fingerprint density at radius 1 is 0.820 bits per heavy atom. The van der Waals surface area contributed by atoms with E-state index >= 15 is 0 Å². The minimum Gasteiger partial charge on any atom is -0.347 e. The molecule has 5 aliphatic carbocycles. The zero-order valence-corrected chi connectivity index (χ0v) is 31.3. The highest BCUT2D eigenvalue weighted by molar-refractivity contribution is 6.38. The molecule has 1 aliphatic heterocycles. The maximum absolute atomic E-state index is 14.8. The van der Waals surface area contributed by atoms with Crippen molar-refractivity contribution >= 4 is 35.3 Å². The summed E-state index contributed by atoms with van der Waals surface area (Å²) in [6, 6.07) is -3.87. The molecule has 0 bridgehead atoms. The van der Waals surface area contributed by atoms with E-state index in [2.05, 4.69) is 35.1 Å².